The van der Waals surface area contributed by atoms with Gasteiger partial charge in [0.05, 0.1) is 6.10 Å². The van der Waals surface area contributed by atoms with Gasteiger partial charge in [-0.2, -0.15) is 0 Å². The molecule has 0 aliphatic carbocycles. The fourth-order valence-electron chi connectivity index (χ4n) is 1.74. The van der Waals surface area contributed by atoms with E-state index in [-0.39, 0.29) is 6.61 Å². The predicted octanol–water partition coefficient (Wildman–Crippen LogP) is 2.65. The third-order valence-electron chi connectivity index (χ3n) is 2.83. The Morgan fingerprint density at radius 3 is 2.63 bits per heavy atom. The van der Waals surface area contributed by atoms with Gasteiger partial charge >= 0.3 is 0 Å². The second-order valence-electron chi connectivity index (χ2n) is 4.19. The summed E-state index contributed by atoms with van der Waals surface area (Å²) >= 11 is 0. The molecule has 1 N–H and O–H groups in total. The normalized spacial score (nSPS) is 12.4. The van der Waals surface area contributed by atoms with Gasteiger partial charge in [0.25, 0.3) is 5.89 Å². The van der Waals surface area contributed by atoms with Crippen molar-refractivity contribution in [3.8, 4) is 5.75 Å². The summed E-state index contributed by atoms with van der Waals surface area (Å²) < 4.78 is 11.0. The maximum atomic E-state index is 9.92. The zero-order valence-corrected chi connectivity index (χ0v) is 11.2. The number of aryl methyl sites for hydroxylation is 1. The van der Waals surface area contributed by atoms with Crippen LogP contribution in [0.3, 0.4) is 0 Å². The van der Waals surface area contributed by atoms with Crippen LogP contribution in [0.15, 0.2) is 28.7 Å². The van der Waals surface area contributed by atoms with Crippen LogP contribution in [0.5, 0.6) is 5.75 Å². The molecule has 1 aromatic heterocycles. The molecule has 0 spiro atoms. The van der Waals surface area contributed by atoms with Gasteiger partial charge in [-0.25, -0.2) is 0 Å². The average molecular weight is 262 g/mol. The lowest BCUT2D eigenvalue weighted by Crippen LogP contribution is -2.02. The quantitative estimate of drug-likeness (QED) is 0.866. The number of rotatable bonds is 6. The number of para-hydroxylation sites is 1. The number of aromatic nitrogens is 2. The lowest BCUT2D eigenvalue weighted by molar-refractivity contribution is 0.164. The van der Waals surface area contributed by atoms with Crippen LogP contribution in [0.4, 0.5) is 0 Å². The minimum Gasteiger partial charge on any atom is -0.483 e. The fraction of sp³-hybridized carbons (Fsp3) is 0.429. The standard InChI is InChI=1S/C14H18N2O3/c1-3-11(17)10-7-5-6-8-12(10)18-9-14-16-15-13(4-2)19-14/h5-8,11,17H,3-4,9H2,1-2H3/t11-/m1/s1. The van der Waals surface area contributed by atoms with E-state index in [1.807, 2.05) is 38.1 Å². The van der Waals surface area contributed by atoms with Gasteiger partial charge in [0.2, 0.25) is 5.89 Å². The van der Waals surface area contributed by atoms with Gasteiger partial charge in [-0.3, -0.25) is 0 Å². The third kappa shape index (κ3) is 3.32. The first-order chi connectivity index (χ1) is 9.24. The summed E-state index contributed by atoms with van der Waals surface area (Å²) in [6.07, 6.45) is 0.823. The molecule has 0 radical (unpaired) electrons. The van der Waals surface area contributed by atoms with Crippen molar-refractivity contribution >= 4 is 0 Å². The van der Waals surface area contributed by atoms with Crippen LogP contribution in [0, 0.1) is 0 Å². The predicted molar refractivity (Wildman–Crippen MR) is 69.7 cm³/mol. The summed E-state index contributed by atoms with van der Waals surface area (Å²) in [6.45, 7) is 4.08. The second kappa shape index (κ2) is 6.33. The van der Waals surface area contributed by atoms with Crippen molar-refractivity contribution in [2.24, 2.45) is 0 Å². The minimum atomic E-state index is -0.523. The number of aliphatic hydroxyl groups excluding tert-OH is 1. The number of hydrogen-bond donors (Lipinski definition) is 1. The molecule has 1 atom stereocenters. The highest BCUT2D eigenvalue weighted by Crippen LogP contribution is 2.27. The molecule has 0 amide bonds. The lowest BCUT2D eigenvalue weighted by Gasteiger charge is -2.13. The number of nitrogens with zero attached hydrogens (tertiary/aromatic N) is 2. The van der Waals surface area contributed by atoms with E-state index >= 15 is 0 Å². The summed E-state index contributed by atoms with van der Waals surface area (Å²) in [4.78, 5) is 0. The summed E-state index contributed by atoms with van der Waals surface area (Å²) in [5.74, 6) is 1.69. The van der Waals surface area contributed by atoms with Crippen LogP contribution >= 0.6 is 0 Å². The van der Waals surface area contributed by atoms with Gasteiger partial charge in [0, 0.05) is 12.0 Å². The van der Waals surface area contributed by atoms with Crippen molar-refractivity contribution in [2.45, 2.75) is 39.4 Å². The van der Waals surface area contributed by atoms with E-state index in [4.69, 9.17) is 9.15 Å². The molecular weight excluding hydrogens is 244 g/mol. The summed E-state index contributed by atoms with van der Waals surface area (Å²) in [6, 6.07) is 7.43. The van der Waals surface area contributed by atoms with Crippen LogP contribution in [0.2, 0.25) is 0 Å². The third-order valence-corrected chi connectivity index (χ3v) is 2.83. The SMILES string of the molecule is CCc1nnc(COc2ccccc2[C@H](O)CC)o1. The van der Waals surface area contributed by atoms with Crippen molar-refractivity contribution in [2.75, 3.05) is 0 Å². The first-order valence-corrected chi connectivity index (χ1v) is 6.45. The van der Waals surface area contributed by atoms with Crippen LogP contribution in [0.1, 0.15) is 43.7 Å². The molecule has 0 fully saturated rings. The van der Waals surface area contributed by atoms with Gasteiger partial charge in [-0.05, 0) is 12.5 Å². The Hall–Kier alpha value is -1.88. The van der Waals surface area contributed by atoms with E-state index in [1.54, 1.807) is 0 Å². The maximum Gasteiger partial charge on any atom is 0.253 e. The molecule has 0 aliphatic heterocycles. The van der Waals surface area contributed by atoms with E-state index in [1.165, 1.54) is 0 Å². The highest BCUT2D eigenvalue weighted by atomic mass is 16.5. The monoisotopic (exact) mass is 262 g/mol. The van der Waals surface area contributed by atoms with E-state index < -0.39 is 6.10 Å². The zero-order valence-electron chi connectivity index (χ0n) is 11.2. The Kier molecular flexibility index (Phi) is 4.52. The van der Waals surface area contributed by atoms with Gasteiger partial charge in [-0.15, -0.1) is 10.2 Å². The number of aliphatic hydroxyl groups is 1. The smallest absolute Gasteiger partial charge is 0.253 e. The largest absolute Gasteiger partial charge is 0.483 e. The molecule has 2 rings (SSSR count). The van der Waals surface area contributed by atoms with Crippen molar-refractivity contribution in [1.82, 2.24) is 10.2 Å². The van der Waals surface area contributed by atoms with Crippen molar-refractivity contribution in [1.29, 1.82) is 0 Å². The van der Waals surface area contributed by atoms with E-state index in [0.29, 0.717) is 30.4 Å². The molecule has 2 aromatic rings. The van der Waals surface area contributed by atoms with Crippen molar-refractivity contribution in [3.05, 3.63) is 41.6 Å². The van der Waals surface area contributed by atoms with Gasteiger partial charge in [-0.1, -0.05) is 32.0 Å². The van der Waals surface area contributed by atoms with E-state index in [2.05, 4.69) is 10.2 Å². The second-order valence-corrected chi connectivity index (χ2v) is 4.19. The first kappa shape index (κ1) is 13.5. The number of ether oxygens (including phenoxy) is 1. The van der Waals surface area contributed by atoms with Crippen LogP contribution in [0.25, 0.3) is 0 Å². The highest BCUT2D eigenvalue weighted by Gasteiger charge is 2.12. The topological polar surface area (TPSA) is 68.4 Å². The molecule has 0 bridgehead atoms. The van der Waals surface area contributed by atoms with Gasteiger partial charge < -0.3 is 14.3 Å². The van der Waals surface area contributed by atoms with Crippen LogP contribution in [-0.2, 0) is 13.0 Å². The summed E-state index contributed by atoms with van der Waals surface area (Å²) in [7, 11) is 0. The van der Waals surface area contributed by atoms with E-state index in [9.17, 15) is 5.11 Å². The van der Waals surface area contributed by atoms with Crippen molar-refractivity contribution < 1.29 is 14.3 Å². The first-order valence-electron chi connectivity index (χ1n) is 6.45. The highest BCUT2D eigenvalue weighted by molar-refractivity contribution is 5.34. The Bertz CT molecular complexity index is 525. The van der Waals surface area contributed by atoms with E-state index in [0.717, 1.165) is 5.56 Å². The van der Waals surface area contributed by atoms with Gasteiger partial charge in [0.15, 0.2) is 6.61 Å². The molecule has 1 heterocycles. The number of hydrogen-bond acceptors (Lipinski definition) is 5. The van der Waals surface area contributed by atoms with Crippen LogP contribution in [-0.4, -0.2) is 15.3 Å². The zero-order chi connectivity index (χ0) is 13.7. The molecule has 5 nitrogen and oxygen atoms in total. The van der Waals surface area contributed by atoms with Crippen molar-refractivity contribution in [3.63, 3.8) is 0 Å². The molecule has 0 aliphatic rings. The minimum absolute atomic E-state index is 0.209. The Labute approximate surface area is 112 Å². The fourth-order valence-corrected chi connectivity index (χ4v) is 1.74. The summed E-state index contributed by atoms with van der Waals surface area (Å²) in [5.41, 5.74) is 0.778. The molecule has 19 heavy (non-hydrogen) atoms. The summed E-state index contributed by atoms with van der Waals surface area (Å²) in [5, 5.41) is 17.7. The maximum absolute atomic E-state index is 9.92. The Balaban J connectivity index is 2.06. The molecule has 102 valence electrons. The molecule has 0 saturated heterocycles. The molecule has 1 aromatic carbocycles. The molecule has 0 saturated carbocycles. The molecular formula is C14H18N2O3. The number of benzene rings is 1. The van der Waals surface area contributed by atoms with Gasteiger partial charge in [0.1, 0.15) is 5.75 Å². The molecule has 5 heteroatoms. The molecule has 0 unspecified atom stereocenters. The Morgan fingerprint density at radius 2 is 1.95 bits per heavy atom. The average Bonchev–Trinajstić information content (AvgIpc) is 2.92. The van der Waals surface area contributed by atoms with Crippen LogP contribution < -0.4 is 4.74 Å². The Morgan fingerprint density at radius 1 is 1.21 bits per heavy atom. The lowest BCUT2D eigenvalue weighted by atomic mass is 10.1.